The molecule has 0 radical (unpaired) electrons. The molecule has 12 heteroatoms. The number of anilines is 1. The van der Waals surface area contributed by atoms with Gasteiger partial charge in [-0.05, 0) is 139 Å². The highest BCUT2D eigenvalue weighted by Gasteiger charge is 2.80. The Morgan fingerprint density at radius 3 is 2.20 bits per heavy atom. The van der Waals surface area contributed by atoms with E-state index < -0.39 is 93.6 Å². The number of ether oxygens (including phenoxy) is 1. The predicted molar refractivity (Wildman–Crippen MR) is 247 cm³/mol. The van der Waals surface area contributed by atoms with Gasteiger partial charge in [-0.3, -0.25) is 19.7 Å². The molecule has 10 unspecified atom stereocenters. The van der Waals surface area contributed by atoms with Crippen LogP contribution in [0.2, 0.25) is 0 Å². The minimum atomic E-state index is -2.88. The van der Waals surface area contributed by atoms with Crippen molar-refractivity contribution in [3.05, 3.63) is 23.3 Å². The van der Waals surface area contributed by atoms with Crippen LogP contribution in [0.1, 0.15) is 168 Å². The number of hydrogen-bond donors (Lipinski definition) is 7. The Labute approximate surface area is 386 Å². The molecule has 12 nitrogen and oxygen atoms in total. The molecule has 1 aromatic rings. The molecule has 0 heterocycles. The van der Waals surface area contributed by atoms with E-state index in [1.54, 1.807) is 33.8 Å². The lowest BCUT2D eigenvalue weighted by molar-refractivity contribution is -0.306. The fourth-order valence-electron chi connectivity index (χ4n) is 17.5. The predicted octanol–water partition coefficient (Wildman–Crippen LogP) is 8.14. The van der Waals surface area contributed by atoms with Gasteiger partial charge in [0.05, 0.1) is 29.4 Å². The highest BCUT2D eigenvalue weighted by atomic mass is 16.6. The van der Waals surface area contributed by atoms with Crippen molar-refractivity contribution < 1.29 is 49.4 Å². The van der Waals surface area contributed by atoms with Gasteiger partial charge in [-0.1, -0.05) is 94.6 Å². The number of benzene rings is 1. The second-order valence-electron chi connectivity index (χ2n) is 24.4. The summed E-state index contributed by atoms with van der Waals surface area (Å²) in [5, 5.41) is 63.2. The number of phenolic OH excluding ortho intramolecular Hbond substituents is 1. The minimum Gasteiger partial charge on any atom is -0.505 e. The first-order valence-corrected chi connectivity index (χ1v) is 25.3. The molecule has 8 rings (SSSR count). The number of nitrogens with one attached hydrogen (secondary N) is 1. The minimum absolute atomic E-state index is 0.0756. The third-order valence-electron chi connectivity index (χ3n) is 20.9. The van der Waals surface area contributed by atoms with Gasteiger partial charge >= 0.3 is 6.09 Å². The number of fused-ring (bicyclic) bond motifs is 8. The molecule has 0 saturated heterocycles. The zero-order valence-corrected chi connectivity index (χ0v) is 40.7. The molecule has 7 aliphatic carbocycles. The smallest absolute Gasteiger partial charge is 0.412 e. The monoisotopic (exact) mass is 905 g/mol. The van der Waals surface area contributed by atoms with Crippen LogP contribution in [0.4, 0.5) is 10.5 Å². The number of amides is 2. The molecular weight excluding hydrogens is 825 g/mol. The maximum atomic E-state index is 14.8. The van der Waals surface area contributed by atoms with Gasteiger partial charge in [0, 0.05) is 10.8 Å². The fourth-order valence-corrected chi connectivity index (χ4v) is 17.5. The van der Waals surface area contributed by atoms with Crippen molar-refractivity contribution in [1.29, 1.82) is 0 Å². The molecule has 2 amide bonds. The second kappa shape index (κ2) is 16.6. The topological polar surface area (TPSA) is 217 Å². The molecule has 7 aliphatic rings. The molecule has 1 aromatic carbocycles. The summed E-state index contributed by atoms with van der Waals surface area (Å²) in [4.78, 5) is 55.2. The van der Waals surface area contributed by atoms with E-state index in [-0.39, 0.29) is 22.8 Å². The van der Waals surface area contributed by atoms with Crippen LogP contribution >= 0.6 is 0 Å². The summed E-state index contributed by atoms with van der Waals surface area (Å²) in [6, 6.07) is 3.09. The molecule has 6 saturated carbocycles. The summed E-state index contributed by atoms with van der Waals surface area (Å²) in [5.74, 6) is -4.77. The number of aromatic hydroxyl groups is 1. The SMILES string of the molecule is CC(C)CCC[C@H](C)C1CCC2C3CCC4CC(OC(=O)Nc5ccc6c(c5O)C(=O)C5C(O)[C@@]7(O)C(=O)C(C(N)=O)C(O)[C@H](C(C)C)[C@@]7(C)[C@H](O)[C@@]5(C)[C@@H]6C)CC[C@]4(C)C3CC[C@@]21C. The van der Waals surface area contributed by atoms with Gasteiger partial charge in [0.25, 0.3) is 0 Å². The maximum absolute atomic E-state index is 14.8. The highest BCUT2D eigenvalue weighted by molar-refractivity contribution is 6.10. The summed E-state index contributed by atoms with van der Waals surface area (Å²) in [6.07, 6.45) is 7.62. The van der Waals surface area contributed by atoms with E-state index in [1.165, 1.54) is 64.4 Å². The number of aliphatic hydroxyl groups is 4. The Morgan fingerprint density at radius 1 is 0.892 bits per heavy atom. The first-order valence-electron chi connectivity index (χ1n) is 25.3. The van der Waals surface area contributed by atoms with Crippen molar-refractivity contribution in [3.63, 3.8) is 0 Å². The van der Waals surface area contributed by atoms with Crippen molar-refractivity contribution in [2.45, 2.75) is 182 Å². The molecule has 0 spiro atoms. The third-order valence-corrected chi connectivity index (χ3v) is 20.9. The Balaban J connectivity index is 0.972. The molecule has 362 valence electrons. The second-order valence-corrected chi connectivity index (χ2v) is 24.4. The lowest BCUT2D eigenvalue weighted by Crippen LogP contribution is -2.83. The van der Waals surface area contributed by atoms with Gasteiger partial charge in [0.2, 0.25) is 5.91 Å². The first-order chi connectivity index (χ1) is 30.3. The zero-order chi connectivity index (χ0) is 47.7. The number of aliphatic hydroxyl groups excluding tert-OH is 3. The molecule has 0 aliphatic heterocycles. The number of ketones is 2. The van der Waals surface area contributed by atoms with E-state index in [1.807, 2.05) is 0 Å². The van der Waals surface area contributed by atoms with Crippen LogP contribution in [-0.2, 0) is 14.3 Å². The number of hydrogen-bond acceptors (Lipinski definition) is 10. The lowest BCUT2D eigenvalue weighted by atomic mass is 9.36. The number of carbonyl (C=O) groups is 4. The molecule has 8 N–H and O–H groups in total. The molecule has 19 atom stereocenters. The van der Waals surface area contributed by atoms with E-state index in [4.69, 9.17) is 10.5 Å². The fraction of sp³-hybridized carbons (Fsp3) is 0.811. The Hall–Kier alpha value is -3.06. The summed E-state index contributed by atoms with van der Waals surface area (Å²) in [6.45, 7) is 20.5. The van der Waals surface area contributed by atoms with Crippen molar-refractivity contribution in [2.75, 3.05) is 5.32 Å². The van der Waals surface area contributed by atoms with Crippen molar-refractivity contribution in [1.82, 2.24) is 0 Å². The largest absolute Gasteiger partial charge is 0.505 e. The maximum Gasteiger partial charge on any atom is 0.412 e. The summed E-state index contributed by atoms with van der Waals surface area (Å²) < 4.78 is 6.09. The Bertz CT molecular complexity index is 2070. The van der Waals surface area contributed by atoms with Crippen LogP contribution in [0, 0.1) is 86.8 Å². The van der Waals surface area contributed by atoms with Gasteiger partial charge < -0.3 is 36.0 Å². The molecular formula is C53H80N2O10. The lowest BCUT2D eigenvalue weighted by Gasteiger charge is -2.69. The Kier molecular flexibility index (Phi) is 12.3. The average Bonchev–Trinajstić information content (AvgIpc) is 3.59. The summed E-state index contributed by atoms with van der Waals surface area (Å²) in [5.41, 5.74) is -0.0686. The van der Waals surface area contributed by atoms with Gasteiger partial charge in [-0.15, -0.1) is 0 Å². The van der Waals surface area contributed by atoms with E-state index in [0.717, 1.165) is 55.3 Å². The van der Waals surface area contributed by atoms with Gasteiger partial charge in [0.15, 0.2) is 17.2 Å². The van der Waals surface area contributed by atoms with Gasteiger partial charge in [-0.25, -0.2) is 4.79 Å². The first kappa shape index (κ1) is 48.4. The molecule has 65 heavy (non-hydrogen) atoms. The number of nitrogens with two attached hydrogens (primary N) is 1. The zero-order valence-electron chi connectivity index (χ0n) is 40.7. The quantitative estimate of drug-likeness (QED) is 0.0932. The van der Waals surface area contributed by atoms with Gasteiger partial charge in [0.1, 0.15) is 23.9 Å². The summed E-state index contributed by atoms with van der Waals surface area (Å²) in [7, 11) is 0. The van der Waals surface area contributed by atoms with E-state index in [0.29, 0.717) is 22.8 Å². The van der Waals surface area contributed by atoms with Crippen molar-refractivity contribution in [2.24, 2.45) is 92.5 Å². The van der Waals surface area contributed by atoms with Gasteiger partial charge in [-0.2, -0.15) is 0 Å². The van der Waals surface area contributed by atoms with Crippen LogP contribution in [0.3, 0.4) is 0 Å². The van der Waals surface area contributed by atoms with Crippen LogP contribution in [0.5, 0.6) is 5.75 Å². The molecule has 0 bridgehead atoms. The standard InChI is InChI=1S/C53H80N2O10/c1-25(2)12-11-13-27(5)33-17-18-34-32-15-14-29-24-30(20-22-49(29,7)35(32)21-23-50(33,34)8)65-48(63)55-36-19-16-31-28(6)51(9)40(42(57)37(31)41(36)56)45(60)53(64)44(59)38(46(54)61)43(58)39(26(3)4)52(53,10)47(51)62/h16,19,25-30,32-35,38-40,43,45,47,56,58,60,62,64H,11-15,17-18,20-24H2,1-10H3,(H2,54,61)(H,55,63)/t27-,28+,29?,30?,32?,33?,34?,35?,38?,39-,40?,43?,45?,47+,49-,50+,51-,52-,53-/m0/s1. The number of rotatable bonds is 9. The number of carbonyl (C=O) groups excluding carboxylic acids is 4. The van der Waals surface area contributed by atoms with E-state index in [9.17, 15) is 44.7 Å². The van der Waals surface area contributed by atoms with Crippen LogP contribution in [-0.4, -0.2) is 79.1 Å². The Morgan fingerprint density at radius 2 is 1.55 bits per heavy atom. The third kappa shape index (κ3) is 6.76. The normalized spacial score (nSPS) is 46.0. The average molecular weight is 905 g/mol. The van der Waals surface area contributed by atoms with Crippen molar-refractivity contribution >= 4 is 29.3 Å². The van der Waals surface area contributed by atoms with E-state index >= 15 is 0 Å². The molecule has 0 aromatic heterocycles. The molecule has 6 fully saturated rings. The number of Topliss-reactive ketones (excluding diaryl/α,β-unsaturated/α-hetero) is 2. The van der Waals surface area contributed by atoms with Crippen LogP contribution in [0.15, 0.2) is 12.1 Å². The van der Waals surface area contributed by atoms with Crippen LogP contribution < -0.4 is 11.1 Å². The number of primary amides is 1. The summed E-state index contributed by atoms with van der Waals surface area (Å²) >= 11 is 0. The number of phenols is 1. The van der Waals surface area contributed by atoms with Crippen LogP contribution in [0.25, 0.3) is 0 Å². The van der Waals surface area contributed by atoms with E-state index in [2.05, 4.69) is 39.9 Å². The highest BCUT2D eigenvalue weighted by Crippen LogP contribution is 2.70. The van der Waals surface area contributed by atoms with Crippen molar-refractivity contribution in [3.8, 4) is 5.75 Å².